The second-order valence-electron chi connectivity index (χ2n) is 6.54. The molecule has 1 amide bonds. The number of nitrogens with zero attached hydrogens (tertiary/aromatic N) is 1. The fourth-order valence-corrected chi connectivity index (χ4v) is 3.61. The van der Waals surface area contributed by atoms with E-state index in [9.17, 15) is 27.9 Å². The van der Waals surface area contributed by atoms with Crippen molar-refractivity contribution in [3.8, 4) is 10.6 Å². The zero-order valence-electron chi connectivity index (χ0n) is 15.5. The zero-order valence-corrected chi connectivity index (χ0v) is 16.3. The van der Waals surface area contributed by atoms with Gasteiger partial charge in [-0.1, -0.05) is 42.5 Å². The van der Waals surface area contributed by atoms with Crippen molar-refractivity contribution in [2.75, 3.05) is 0 Å². The summed E-state index contributed by atoms with van der Waals surface area (Å²) < 4.78 is 38.0. The van der Waals surface area contributed by atoms with Crippen LogP contribution in [0.4, 0.5) is 13.2 Å². The number of amides is 1. The van der Waals surface area contributed by atoms with Crippen LogP contribution in [-0.4, -0.2) is 28.0 Å². The number of carboxylic acids is 1. The van der Waals surface area contributed by atoms with Crippen LogP contribution < -0.4 is 5.32 Å². The van der Waals surface area contributed by atoms with Crippen LogP contribution in [0.15, 0.2) is 60.0 Å². The SMILES string of the molecule is O=C(Cc1csc(-c2ccc(C(F)(F)F)cc2)n1)N[C@H](Cc1ccccc1)C(=O)O. The van der Waals surface area contributed by atoms with Crippen molar-refractivity contribution in [3.05, 3.63) is 76.8 Å². The summed E-state index contributed by atoms with van der Waals surface area (Å²) in [5, 5.41) is 14.0. The summed E-state index contributed by atoms with van der Waals surface area (Å²) in [6.07, 6.45) is -4.39. The highest BCUT2D eigenvalue weighted by Gasteiger charge is 2.30. The van der Waals surface area contributed by atoms with E-state index in [0.717, 1.165) is 17.7 Å². The largest absolute Gasteiger partial charge is 0.480 e. The molecule has 1 aromatic heterocycles. The van der Waals surface area contributed by atoms with Crippen LogP contribution in [0.3, 0.4) is 0 Å². The summed E-state index contributed by atoms with van der Waals surface area (Å²) in [4.78, 5) is 28.0. The molecule has 3 aromatic rings. The lowest BCUT2D eigenvalue weighted by Crippen LogP contribution is -2.43. The van der Waals surface area contributed by atoms with Gasteiger partial charge in [0.05, 0.1) is 17.7 Å². The first kappa shape index (κ1) is 21.5. The molecule has 1 atom stereocenters. The van der Waals surface area contributed by atoms with E-state index < -0.39 is 29.7 Å². The molecule has 0 saturated heterocycles. The van der Waals surface area contributed by atoms with E-state index in [1.54, 1.807) is 29.6 Å². The van der Waals surface area contributed by atoms with Gasteiger partial charge in [-0.05, 0) is 17.7 Å². The average molecular weight is 434 g/mol. The first-order valence-electron chi connectivity index (χ1n) is 8.90. The number of thiazole rings is 1. The quantitative estimate of drug-likeness (QED) is 0.585. The van der Waals surface area contributed by atoms with Gasteiger partial charge in [0.1, 0.15) is 11.0 Å². The van der Waals surface area contributed by atoms with Crippen molar-refractivity contribution >= 4 is 23.2 Å². The van der Waals surface area contributed by atoms with Crippen LogP contribution in [0.1, 0.15) is 16.8 Å². The van der Waals surface area contributed by atoms with E-state index in [1.807, 2.05) is 6.07 Å². The molecule has 0 aliphatic heterocycles. The number of rotatable bonds is 7. The number of carbonyl (C=O) groups is 2. The molecule has 3 rings (SSSR count). The maximum atomic E-state index is 12.7. The summed E-state index contributed by atoms with van der Waals surface area (Å²) >= 11 is 1.20. The Hall–Kier alpha value is -3.20. The summed E-state index contributed by atoms with van der Waals surface area (Å²) in [5.41, 5.74) is 0.951. The van der Waals surface area contributed by atoms with E-state index in [-0.39, 0.29) is 12.8 Å². The number of carboxylic acid groups (broad SMARTS) is 1. The maximum Gasteiger partial charge on any atom is 0.416 e. The van der Waals surface area contributed by atoms with Crippen molar-refractivity contribution in [1.82, 2.24) is 10.3 Å². The summed E-state index contributed by atoms with van der Waals surface area (Å²) in [7, 11) is 0. The van der Waals surface area contributed by atoms with E-state index in [2.05, 4.69) is 10.3 Å². The Morgan fingerprint density at radius 1 is 1.07 bits per heavy atom. The number of carbonyl (C=O) groups excluding carboxylic acids is 1. The molecule has 0 bridgehead atoms. The Bertz CT molecular complexity index is 1020. The third kappa shape index (κ3) is 5.66. The van der Waals surface area contributed by atoms with Gasteiger partial charge in [0, 0.05) is 17.4 Å². The number of hydrogen-bond donors (Lipinski definition) is 2. The van der Waals surface area contributed by atoms with Crippen molar-refractivity contribution in [3.63, 3.8) is 0 Å². The van der Waals surface area contributed by atoms with Gasteiger partial charge in [-0.25, -0.2) is 9.78 Å². The normalized spacial score (nSPS) is 12.4. The van der Waals surface area contributed by atoms with Crippen LogP contribution in [-0.2, 0) is 28.6 Å². The smallest absolute Gasteiger partial charge is 0.416 e. The van der Waals surface area contributed by atoms with Gasteiger partial charge in [-0.3, -0.25) is 4.79 Å². The minimum absolute atomic E-state index is 0.129. The standard InChI is InChI=1S/C21H17F3N2O3S/c22-21(23,24)15-8-6-14(7-9-15)19-25-16(12-30-19)11-18(27)26-17(20(28)29)10-13-4-2-1-3-5-13/h1-9,12,17H,10-11H2,(H,26,27)(H,28,29)/t17-/m1/s1. The molecule has 0 fully saturated rings. The Labute approximate surface area is 174 Å². The number of nitrogens with one attached hydrogen (secondary N) is 1. The number of hydrogen-bond acceptors (Lipinski definition) is 4. The van der Waals surface area contributed by atoms with E-state index in [0.29, 0.717) is 16.3 Å². The highest BCUT2D eigenvalue weighted by atomic mass is 32.1. The van der Waals surface area contributed by atoms with Crippen LogP contribution in [0, 0.1) is 0 Å². The van der Waals surface area contributed by atoms with Gasteiger partial charge in [-0.2, -0.15) is 13.2 Å². The van der Waals surface area contributed by atoms with Gasteiger partial charge in [0.2, 0.25) is 5.91 Å². The van der Waals surface area contributed by atoms with Gasteiger partial charge in [0.25, 0.3) is 0 Å². The van der Waals surface area contributed by atoms with Crippen molar-refractivity contribution in [1.29, 1.82) is 0 Å². The summed E-state index contributed by atoms with van der Waals surface area (Å²) in [6, 6.07) is 12.5. The minimum Gasteiger partial charge on any atom is -0.480 e. The van der Waals surface area contributed by atoms with Gasteiger partial charge < -0.3 is 10.4 Å². The predicted octanol–water partition coefficient (Wildman–Crippen LogP) is 4.18. The Morgan fingerprint density at radius 2 is 1.73 bits per heavy atom. The van der Waals surface area contributed by atoms with Crippen LogP contribution in [0.25, 0.3) is 10.6 Å². The Morgan fingerprint density at radius 3 is 2.33 bits per heavy atom. The molecule has 2 N–H and O–H groups in total. The maximum absolute atomic E-state index is 12.7. The van der Waals surface area contributed by atoms with Crippen molar-refractivity contribution < 1.29 is 27.9 Å². The Balaban J connectivity index is 1.63. The molecule has 0 spiro atoms. The number of benzene rings is 2. The van der Waals surface area contributed by atoms with E-state index in [4.69, 9.17) is 0 Å². The minimum atomic E-state index is -4.41. The third-order valence-corrected chi connectivity index (χ3v) is 5.21. The molecular weight excluding hydrogens is 417 g/mol. The highest BCUT2D eigenvalue weighted by Crippen LogP contribution is 2.31. The molecule has 30 heavy (non-hydrogen) atoms. The molecule has 9 heteroatoms. The monoisotopic (exact) mass is 434 g/mol. The molecule has 0 unspecified atom stereocenters. The third-order valence-electron chi connectivity index (χ3n) is 4.27. The van der Waals surface area contributed by atoms with E-state index >= 15 is 0 Å². The molecular formula is C21H17F3N2O3S. The van der Waals surface area contributed by atoms with Gasteiger partial charge in [0.15, 0.2) is 0 Å². The van der Waals surface area contributed by atoms with Gasteiger partial charge >= 0.3 is 12.1 Å². The molecule has 0 aliphatic carbocycles. The van der Waals surface area contributed by atoms with Gasteiger partial charge in [-0.15, -0.1) is 11.3 Å². The van der Waals surface area contributed by atoms with E-state index in [1.165, 1.54) is 23.5 Å². The predicted molar refractivity (Wildman–Crippen MR) is 106 cm³/mol. The molecule has 5 nitrogen and oxygen atoms in total. The fraction of sp³-hybridized carbons (Fsp3) is 0.190. The lowest BCUT2D eigenvalue weighted by Gasteiger charge is -2.14. The second kappa shape index (κ2) is 9.08. The van der Waals surface area contributed by atoms with Crippen molar-refractivity contribution in [2.45, 2.75) is 25.1 Å². The number of alkyl halides is 3. The lowest BCUT2D eigenvalue weighted by atomic mass is 10.1. The second-order valence-corrected chi connectivity index (χ2v) is 7.40. The summed E-state index contributed by atoms with van der Waals surface area (Å²) in [5.74, 6) is -1.64. The zero-order chi connectivity index (χ0) is 21.7. The molecule has 0 radical (unpaired) electrons. The van der Waals surface area contributed by atoms with Crippen LogP contribution in [0.5, 0.6) is 0 Å². The molecule has 1 heterocycles. The van der Waals surface area contributed by atoms with Crippen molar-refractivity contribution in [2.24, 2.45) is 0 Å². The van der Waals surface area contributed by atoms with Crippen LogP contribution >= 0.6 is 11.3 Å². The first-order valence-corrected chi connectivity index (χ1v) is 9.78. The summed E-state index contributed by atoms with van der Waals surface area (Å²) in [6.45, 7) is 0. The molecule has 2 aromatic carbocycles. The fourth-order valence-electron chi connectivity index (χ4n) is 2.78. The number of aromatic nitrogens is 1. The topological polar surface area (TPSA) is 79.3 Å². The number of aliphatic carboxylic acids is 1. The van der Waals surface area contributed by atoms with Crippen LogP contribution in [0.2, 0.25) is 0 Å². The number of halogens is 3. The average Bonchev–Trinajstić information content (AvgIpc) is 3.16. The molecule has 0 aliphatic rings. The lowest BCUT2D eigenvalue weighted by molar-refractivity contribution is -0.141. The molecule has 156 valence electrons. The Kier molecular flexibility index (Phi) is 6.51. The molecule has 0 saturated carbocycles. The first-order chi connectivity index (χ1) is 14.2. The highest BCUT2D eigenvalue weighted by molar-refractivity contribution is 7.13.